The van der Waals surface area contributed by atoms with E-state index < -0.39 is 10.0 Å². The maximum atomic E-state index is 13.0. The van der Waals surface area contributed by atoms with E-state index in [4.69, 9.17) is 4.74 Å². The van der Waals surface area contributed by atoms with Crippen molar-refractivity contribution in [1.82, 2.24) is 4.31 Å². The fourth-order valence-corrected chi connectivity index (χ4v) is 4.46. The van der Waals surface area contributed by atoms with Gasteiger partial charge in [-0.3, -0.25) is 0 Å². The zero-order valence-corrected chi connectivity index (χ0v) is 15.7. The van der Waals surface area contributed by atoms with Crippen LogP contribution in [0.1, 0.15) is 17.2 Å². The van der Waals surface area contributed by atoms with E-state index >= 15 is 0 Å². The van der Waals surface area contributed by atoms with E-state index in [0.717, 1.165) is 11.3 Å². The minimum absolute atomic E-state index is 0.139. The van der Waals surface area contributed by atoms with Gasteiger partial charge in [0.25, 0.3) is 0 Å². The highest BCUT2D eigenvalue weighted by Crippen LogP contribution is 2.26. The van der Waals surface area contributed by atoms with Crippen molar-refractivity contribution < 1.29 is 17.5 Å². The summed E-state index contributed by atoms with van der Waals surface area (Å²) < 4.78 is 45.7. The van der Waals surface area contributed by atoms with E-state index in [9.17, 15) is 12.8 Å². The van der Waals surface area contributed by atoms with Gasteiger partial charge < -0.3 is 9.64 Å². The van der Waals surface area contributed by atoms with Crippen molar-refractivity contribution in [1.29, 1.82) is 0 Å². The molecule has 0 radical (unpaired) electrons. The summed E-state index contributed by atoms with van der Waals surface area (Å²) in [5.74, 6) is -0.515. The highest BCUT2D eigenvalue weighted by atomic mass is 32.2. The Labute approximate surface area is 154 Å². The Hall–Kier alpha value is -1.96. The first-order valence-corrected chi connectivity index (χ1v) is 10.1. The number of sulfonamides is 1. The molecule has 1 saturated heterocycles. The van der Waals surface area contributed by atoms with Gasteiger partial charge >= 0.3 is 0 Å². The van der Waals surface area contributed by atoms with Crippen molar-refractivity contribution >= 4 is 15.7 Å². The minimum Gasteiger partial charge on any atom is -0.378 e. The molecule has 0 saturated carbocycles. The number of anilines is 1. The van der Waals surface area contributed by atoms with Gasteiger partial charge in [0, 0.05) is 32.9 Å². The molecular weight excluding hydrogens is 355 g/mol. The van der Waals surface area contributed by atoms with E-state index in [1.807, 2.05) is 43.3 Å². The summed E-state index contributed by atoms with van der Waals surface area (Å²) in [6.45, 7) is 0.962. The van der Waals surface area contributed by atoms with E-state index in [1.54, 1.807) is 0 Å². The smallest absolute Gasteiger partial charge is 0.218 e. The molecule has 0 aromatic heterocycles. The number of morpholine rings is 1. The zero-order chi connectivity index (χ0) is 18.7. The first-order chi connectivity index (χ1) is 12.3. The number of hydrogen-bond donors (Lipinski definition) is 0. The maximum absolute atomic E-state index is 13.0. The quantitative estimate of drug-likeness (QED) is 0.803. The van der Waals surface area contributed by atoms with E-state index in [-0.39, 0.29) is 24.2 Å². The molecule has 1 atom stereocenters. The average Bonchev–Trinajstić information content (AvgIpc) is 2.64. The van der Waals surface area contributed by atoms with Crippen LogP contribution in [0.25, 0.3) is 0 Å². The second kappa shape index (κ2) is 7.73. The largest absolute Gasteiger partial charge is 0.378 e. The Morgan fingerprint density at radius 1 is 1.12 bits per heavy atom. The van der Waals surface area contributed by atoms with Crippen LogP contribution in [0.5, 0.6) is 0 Å². The molecule has 0 bridgehead atoms. The fourth-order valence-electron chi connectivity index (χ4n) is 2.95. The predicted molar refractivity (Wildman–Crippen MR) is 100 cm³/mol. The van der Waals surface area contributed by atoms with Crippen LogP contribution in [0.3, 0.4) is 0 Å². The predicted octanol–water partition coefficient (Wildman–Crippen LogP) is 2.80. The van der Waals surface area contributed by atoms with E-state index in [2.05, 4.69) is 0 Å². The summed E-state index contributed by atoms with van der Waals surface area (Å²) in [4.78, 5) is 2.00. The van der Waals surface area contributed by atoms with Crippen LogP contribution in [-0.4, -0.2) is 46.5 Å². The molecule has 140 valence electrons. The molecule has 0 amide bonds. The number of rotatable bonds is 5. The molecule has 1 fully saturated rings. The van der Waals surface area contributed by atoms with Gasteiger partial charge in [0.05, 0.1) is 18.5 Å². The average molecular weight is 378 g/mol. The van der Waals surface area contributed by atoms with E-state index in [0.29, 0.717) is 18.7 Å². The SMILES string of the molecule is CN(C)c1ccc(C2CN(S(=O)(=O)Cc3ccc(F)cc3)CCO2)cc1. The number of benzene rings is 2. The Balaban J connectivity index is 1.71. The Kier molecular flexibility index (Phi) is 5.60. The van der Waals surface area contributed by atoms with E-state index in [1.165, 1.54) is 28.6 Å². The van der Waals surface area contributed by atoms with Gasteiger partial charge in [0.15, 0.2) is 0 Å². The molecule has 1 unspecified atom stereocenters. The molecule has 1 aliphatic rings. The summed E-state index contributed by atoms with van der Waals surface area (Å²) in [6.07, 6.45) is -0.289. The molecule has 0 aliphatic carbocycles. The molecule has 2 aromatic rings. The number of nitrogens with zero attached hydrogens (tertiary/aromatic N) is 2. The molecule has 0 N–H and O–H groups in total. The third-order valence-corrected chi connectivity index (χ3v) is 6.28. The van der Waals surface area contributed by atoms with Crippen LogP contribution in [0, 0.1) is 5.82 Å². The number of ether oxygens (including phenoxy) is 1. The summed E-state index contributed by atoms with van der Waals surface area (Å²) >= 11 is 0. The van der Waals surface area contributed by atoms with Crippen molar-refractivity contribution in [3.05, 3.63) is 65.5 Å². The normalized spacial score (nSPS) is 18.7. The second-order valence-corrected chi connectivity index (χ2v) is 8.55. The zero-order valence-electron chi connectivity index (χ0n) is 14.9. The summed E-state index contributed by atoms with van der Waals surface area (Å²) in [5, 5.41) is 0. The molecular formula is C19H23FN2O3S. The molecule has 1 heterocycles. The van der Waals surface area contributed by atoms with Gasteiger partial charge in [-0.05, 0) is 35.4 Å². The first-order valence-electron chi connectivity index (χ1n) is 8.46. The highest BCUT2D eigenvalue weighted by molar-refractivity contribution is 7.88. The number of halogens is 1. The Morgan fingerprint density at radius 2 is 1.77 bits per heavy atom. The van der Waals surface area contributed by atoms with Crippen LogP contribution in [0.15, 0.2) is 48.5 Å². The summed E-state index contributed by atoms with van der Waals surface area (Å²) in [7, 11) is 0.447. The minimum atomic E-state index is -3.49. The topological polar surface area (TPSA) is 49.9 Å². The van der Waals surface area contributed by atoms with Gasteiger partial charge in [0.2, 0.25) is 10.0 Å². The van der Waals surface area contributed by atoms with Gasteiger partial charge in [-0.15, -0.1) is 0 Å². The van der Waals surface area contributed by atoms with Crippen molar-refractivity contribution in [2.75, 3.05) is 38.7 Å². The van der Waals surface area contributed by atoms with Crippen molar-refractivity contribution in [3.63, 3.8) is 0 Å². The lowest BCUT2D eigenvalue weighted by Gasteiger charge is -2.32. The van der Waals surface area contributed by atoms with Gasteiger partial charge in [0.1, 0.15) is 5.82 Å². The van der Waals surface area contributed by atoms with Crippen LogP contribution in [0.2, 0.25) is 0 Å². The molecule has 26 heavy (non-hydrogen) atoms. The molecule has 7 heteroatoms. The molecule has 1 aliphatic heterocycles. The van der Waals surface area contributed by atoms with Crippen molar-refractivity contribution in [3.8, 4) is 0 Å². The maximum Gasteiger partial charge on any atom is 0.218 e. The fraction of sp³-hybridized carbons (Fsp3) is 0.368. The first kappa shape index (κ1) is 18.8. The monoisotopic (exact) mass is 378 g/mol. The second-order valence-electron chi connectivity index (χ2n) is 6.59. The van der Waals surface area contributed by atoms with Gasteiger partial charge in [-0.2, -0.15) is 4.31 Å². The third kappa shape index (κ3) is 4.41. The lowest BCUT2D eigenvalue weighted by atomic mass is 10.1. The van der Waals surface area contributed by atoms with Crippen LogP contribution < -0.4 is 4.90 Å². The Morgan fingerprint density at radius 3 is 2.38 bits per heavy atom. The Bertz CT molecular complexity index is 836. The molecule has 2 aromatic carbocycles. The van der Waals surface area contributed by atoms with Crippen LogP contribution >= 0.6 is 0 Å². The summed E-state index contributed by atoms with van der Waals surface area (Å²) in [6, 6.07) is 13.5. The van der Waals surface area contributed by atoms with Crippen molar-refractivity contribution in [2.45, 2.75) is 11.9 Å². The van der Waals surface area contributed by atoms with Crippen LogP contribution in [-0.2, 0) is 20.5 Å². The molecule has 0 spiro atoms. The molecule has 3 rings (SSSR count). The molecule has 5 nitrogen and oxygen atoms in total. The van der Waals surface area contributed by atoms with Gasteiger partial charge in [-0.25, -0.2) is 12.8 Å². The van der Waals surface area contributed by atoms with Gasteiger partial charge in [-0.1, -0.05) is 24.3 Å². The lowest BCUT2D eigenvalue weighted by Crippen LogP contribution is -2.42. The lowest BCUT2D eigenvalue weighted by molar-refractivity contribution is -0.00259. The summed E-state index contributed by atoms with van der Waals surface area (Å²) in [5.41, 5.74) is 2.60. The van der Waals surface area contributed by atoms with Crippen molar-refractivity contribution in [2.24, 2.45) is 0 Å². The van der Waals surface area contributed by atoms with Crippen LogP contribution in [0.4, 0.5) is 10.1 Å². The number of hydrogen-bond acceptors (Lipinski definition) is 4. The standard InChI is InChI=1S/C19H23FN2O3S/c1-21(2)18-9-5-16(6-10-18)19-13-22(11-12-25-19)26(23,24)14-15-3-7-17(20)8-4-15/h3-10,19H,11-14H2,1-2H3. The highest BCUT2D eigenvalue weighted by Gasteiger charge is 2.30. The third-order valence-electron chi connectivity index (χ3n) is 4.47.